The smallest absolute Gasteiger partial charge is 0.393 e. The SMILES string of the molecule is CN1C(N)=NC2(c3cc(C(O)C(F)(F)F)ccc3CC23CCC(O)CC3)C1O. The first-order chi connectivity index (χ1) is 13.0. The van der Waals surface area contributed by atoms with Crippen molar-refractivity contribution in [3.05, 3.63) is 34.9 Å². The van der Waals surface area contributed by atoms with Gasteiger partial charge in [0.2, 0.25) is 0 Å². The van der Waals surface area contributed by atoms with Crippen molar-refractivity contribution >= 4 is 5.96 Å². The molecule has 0 aromatic heterocycles. The molecule has 0 saturated heterocycles. The van der Waals surface area contributed by atoms with E-state index >= 15 is 0 Å². The number of hydrogen-bond acceptors (Lipinski definition) is 6. The maximum absolute atomic E-state index is 13.1. The summed E-state index contributed by atoms with van der Waals surface area (Å²) in [5.41, 5.74) is 5.22. The number of alkyl halides is 3. The van der Waals surface area contributed by atoms with Gasteiger partial charge in [-0.2, -0.15) is 13.2 Å². The Hall–Kier alpha value is -1.84. The highest BCUT2D eigenvalue weighted by Gasteiger charge is 2.65. The van der Waals surface area contributed by atoms with Gasteiger partial charge in [-0.25, -0.2) is 4.99 Å². The highest BCUT2D eigenvalue weighted by Crippen LogP contribution is 2.63. The van der Waals surface area contributed by atoms with E-state index < -0.39 is 35.6 Å². The first-order valence-electron chi connectivity index (χ1n) is 9.34. The molecule has 28 heavy (non-hydrogen) atoms. The maximum Gasteiger partial charge on any atom is 0.418 e. The number of aliphatic hydroxyl groups is 3. The molecule has 1 aromatic carbocycles. The summed E-state index contributed by atoms with van der Waals surface area (Å²) in [4.78, 5) is 6.04. The van der Waals surface area contributed by atoms with Gasteiger partial charge in [0, 0.05) is 12.5 Å². The molecule has 0 radical (unpaired) electrons. The third-order valence-electron chi connectivity index (χ3n) is 6.81. The Bertz CT molecular complexity index is 820. The van der Waals surface area contributed by atoms with E-state index in [1.165, 1.54) is 17.0 Å². The van der Waals surface area contributed by atoms with E-state index in [1.54, 1.807) is 13.1 Å². The molecular weight excluding hydrogens is 375 g/mol. The van der Waals surface area contributed by atoms with Gasteiger partial charge in [-0.3, -0.25) is 0 Å². The lowest BCUT2D eigenvalue weighted by Crippen LogP contribution is -2.54. The van der Waals surface area contributed by atoms with Crippen molar-refractivity contribution in [3.8, 4) is 0 Å². The zero-order chi connectivity index (χ0) is 20.5. The number of aliphatic imine (C=N–C) groups is 1. The Labute approximate surface area is 160 Å². The lowest BCUT2D eigenvalue weighted by Gasteiger charge is -2.47. The molecule has 5 N–H and O–H groups in total. The average molecular weight is 399 g/mol. The van der Waals surface area contributed by atoms with Gasteiger partial charge in [0.1, 0.15) is 5.54 Å². The van der Waals surface area contributed by atoms with Crippen LogP contribution in [-0.2, 0) is 12.0 Å². The van der Waals surface area contributed by atoms with Crippen LogP contribution in [-0.4, -0.2) is 51.7 Å². The quantitative estimate of drug-likeness (QED) is 0.574. The monoisotopic (exact) mass is 399 g/mol. The fourth-order valence-electron chi connectivity index (χ4n) is 5.27. The highest BCUT2D eigenvalue weighted by atomic mass is 19.4. The van der Waals surface area contributed by atoms with E-state index in [0.29, 0.717) is 37.7 Å². The predicted octanol–water partition coefficient (Wildman–Crippen LogP) is 1.53. The molecule has 6 nitrogen and oxygen atoms in total. The molecule has 3 unspecified atom stereocenters. The van der Waals surface area contributed by atoms with Crippen LogP contribution in [0.4, 0.5) is 13.2 Å². The van der Waals surface area contributed by atoms with Crippen molar-refractivity contribution in [1.29, 1.82) is 0 Å². The van der Waals surface area contributed by atoms with E-state index in [2.05, 4.69) is 4.99 Å². The number of guanidine groups is 1. The Kier molecular flexibility index (Phi) is 4.23. The zero-order valence-electron chi connectivity index (χ0n) is 15.4. The molecule has 2 aliphatic carbocycles. The van der Waals surface area contributed by atoms with Crippen LogP contribution in [0.5, 0.6) is 0 Å². The predicted molar refractivity (Wildman–Crippen MR) is 95.1 cm³/mol. The van der Waals surface area contributed by atoms with E-state index in [-0.39, 0.29) is 11.5 Å². The second-order valence-corrected chi connectivity index (χ2v) is 8.27. The minimum absolute atomic E-state index is 0.118. The first kappa shape index (κ1) is 19.5. The summed E-state index contributed by atoms with van der Waals surface area (Å²) in [5, 5.41) is 30.8. The van der Waals surface area contributed by atoms with Crippen LogP contribution >= 0.6 is 0 Å². The summed E-state index contributed by atoms with van der Waals surface area (Å²) >= 11 is 0. The zero-order valence-corrected chi connectivity index (χ0v) is 15.4. The molecule has 2 spiro atoms. The summed E-state index contributed by atoms with van der Waals surface area (Å²) in [6.07, 6.45) is -6.26. The minimum Gasteiger partial charge on any atom is -0.393 e. The Morgan fingerprint density at radius 3 is 2.43 bits per heavy atom. The fraction of sp³-hybridized carbons (Fsp3) is 0.632. The van der Waals surface area contributed by atoms with Crippen molar-refractivity contribution < 1.29 is 28.5 Å². The number of benzene rings is 1. The standard InChI is InChI=1S/C19H24F3N3O3/c1-25-15(28)18(24-16(25)23)13-8-10(14(27)19(20,21)22)2-3-11(13)9-17(18)6-4-12(26)5-7-17/h2-3,8,12,14-15,26-28H,4-7,9H2,1H3,(H2,23,24). The van der Waals surface area contributed by atoms with Gasteiger partial charge in [-0.15, -0.1) is 0 Å². The largest absolute Gasteiger partial charge is 0.418 e. The highest BCUT2D eigenvalue weighted by molar-refractivity contribution is 5.82. The van der Waals surface area contributed by atoms with Crippen LogP contribution in [0.15, 0.2) is 23.2 Å². The van der Waals surface area contributed by atoms with Gasteiger partial charge in [0.15, 0.2) is 18.3 Å². The molecular formula is C19H24F3N3O3. The number of hydrogen-bond donors (Lipinski definition) is 4. The van der Waals surface area contributed by atoms with Gasteiger partial charge in [-0.05, 0) is 54.9 Å². The van der Waals surface area contributed by atoms with Crippen LogP contribution < -0.4 is 5.73 Å². The van der Waals surface area contributed by atoms with Gasteiger partial charge >= 0.3 is 6.18 Å². The molecule has 1 saturated carbocycles. The van der Waals surface area contributed by atoms with Crippen LogP contribution in [0.1, 0.15) is 48.5 Å². The second kappa shape index (κ2) is 6.08. The summed E-state index contributed by atoms with van der Waals surface area (Å²) in [7, 11) is 1.59. The number of fused-ring (bicyclic) bond motifs is 3. The number of nitrogens with two attached hydrogens (primary N) is 1. The second-order valence-electron chi connectivity index (χ2n) is 8.27. The summed E-state index contributed by atoms with van der Waals surface area (Å²) in [6, 6.07) is 4.17. The van der Waals surface area contributed by atoms with Crippen LogP contribution in [0, 0.1) is 5.41 Å². The molecule has 3 atom stereocenters. The molecule has 1 aromatic rings. The molecule has 1 heterocycles. The van der Waals surface area contributed by atoms with Crippen molar-refractivity contribution in [2.24, 2.45) is 16.1 Å². The average Bonchev–Trinajstić information content (AvgIpc) is 3.03. The fourth-order valence-corrected chi connectivity index (χ4v) is 5.27. The van der Waals surface area contributed by atoms with Crippen molar-refractivity contribution in [2.45, 2.75) is 62.3 Å². The Morgan fingerprint density at radius 1 is 1.25 bits per heavy atom. The molecule has 0 bridgehead atoms. The lowest BCUT2D eigenvalue weighted by atomic mass is 9.61. The number of nitrogens with zero attached hydrogens (tertiary/aromatic N) is 2. The molecule has 9 heteroatoms. The third kappa shape index (κ3) is 2.49. The third-order valence-corrected chi connectivity index (χ3v) is 6.81. The molecule has 4 rings (SSSR count). The van der Waals surface area contributed by atoms with Crippen LogP contribution in [0.3, 0.4) is 0 Å². The van der Waals surface area contributed by atoms with Crippen molar-refractivity contribution in [3.63, 3.8) is 0 Å². The number of aliphatic hydroxyl groups excluding tert-OH is 3. The molecule has 154 valence electrons. The number of likely N-dealkylation sites (N-methyl/N-ethyl adjacent to an activating group) is 1. The molecule has 3 aliphatic rings. The first-order valence-corrected chi connectivity index (χ1v) is 9.34. The normalized spacial score (nSPS) is 36.1. The molecule has 0 amide bonds. The molecule has 1 aliphatic heterocycles. The maximum atomic E-state index is 13.1. The summed E-state index contributed by atoms with van der Waals surface area (Å²) in [5.74, 6) is 0.118. The van der Waals surface area contributed by atoms with Crippen molar-refractivity contribution in [2.75, 3.05) is 7.05 Å². The van der Waals surface area contributed by atoms with Crippen LogP contribution in [0.25, 0.3) is 0 Å². The summed E-state index contributed by atoms with van der Waals surface area (Å²) in [6.45, 7) is 0. The topological polar surface area (TPSA) is 102 Å². The van der Waals surface area contributed by atoms with Gasteiger partial charge in [0.25, 0.3) is 0 Å². The lowest BCUT2D eigenvalue weighted by molar-refractivity contribution is -0.206. The molecule has 1 fully saturated rings. The number of rotatable bonds is 1. The summed E-state index contributed by atoms with van der Waals surface area (Å²) < 4.78 is 39.2. The Morgan fingerprint density at radius 2 is 1.89 bits per heavy atom. The Balaban J connectivity index is 1.88. The number of halogens is 3. The van der Waals surface area contributed by atoms with Crippen molar-refractivity contribution in [1.82, 2.24) is 4.90 Å². The van der Waals surface area contributed by atoms with E-state index in [9.17, 15) is 28.5 Å². The van der Waals surface area contributed by atoms with Crippen LogP contribution in [0.2, 0.25) is 0 Å². The van der Waals surface area contributed by atoms with E-state index in [4.69, 9.17) is 5.73 Å². The van der Waals surface area contributed by atoms with E-state index in [0.717, 1.165) is 5.56 Å². The van der Waals surface area contributed by atoms with E-state index in [1.807, 2.05) is 0 Å². The minimum atomic E-state index is -4.79. The van der Waals surface area contributed by atoms with Gasteiger partial charge < -0.3 is 26.0 Å². The van der Waals surface area contributed by atoms with Gasteiger partial charge in [0.05, 0.1) is 6.10 Å². The van der Waals surface area contributed by atoms with Gasteiger partial charge in [-0.1, -0.05) is 12.1 Å².